The summed E-state index contributed by atoms with van der Waals surface area (Å²) in [6, 6.07) is 4.84. The normalized spacial score (nSPS) is 9.70. The van der Waals surface area contributed by atoms with E-state index in [0.29, 0.717) is 12.2 Å². The van der Waals surface area contributed by atoms with Crippen LogP contribution in [-0.2, 0) is 9.47 Å². The Morgan fingerprint density at radius 3 is 2.30 bits per heavy atom. The van der Waals surface area contributed by atoms with Crippen LogP contribution in [0, 0.1) is 0 Å². The zero-order chi connectivity index (χ0) is 15.0. The zero-order valence-corrected chi connectivity index (χ0v) is 11.8. The van der Waals surface area contributed by atoms with Gasteiger partial charge in [-0.2, -0.15) is 0 Å². The maximum atomic E-state index is 11.9. The van der Waals surface area contributed by atoms with Gasteiger partial charge in [0, 0.05) is 12.2 Å². The van der Waals surface area contributed by atoms with Crippen molar-refractivity contribution in [3.63, 3.8) is 0 Å². The summed E-state index contributed by atoms with van der Waals surface area (Å²) in [6.45, 7) is 8.07. The number of benzene rings is 1. The summed E-state index contributed by atoms with van der Waals surface area (Å²) in [7, 11) is 0. The fraction of sp³-hybridized carbons (Fsp3) is 0.333. The van der Waals surface area contributed by atoms with Gasteiger partial charge < -0.3 is 14.8 Å². The molecule has 0 unspecified atom stereocenters. The summed E-state index contributed by atoms with van der Waals surface area (Å²) < 4.78 is 9.90. The minimum absolute atomic E-state index is 0.194. The third-order valence-corrected chi connectivity index (χ3v) is 2.46. The van der Waals surface area contributed by atoms with Crippen LogP contribution in [0.25, 0.3) is 0 Å². The van der Waals surface area contributed by atoms with Gasteiger partial charge in [0.05, 0.1) is 24.3 Å². The lowest BCUT2D eigenvalue weighted by Crippen LogP contribution is -2.14. The molecule has 0 heterocycles. The molecule has 1 aromatic rings. The van der Waals surface area contributed by atoms with Gasteiger partial charge in [0.2, 0.25) is 0 Å². The quantitative estimate of drug-likeness (QED) is 0.613. The van der Waals surface area contributed by atoms with Crippen LogP contribution in [0.1, 0.15) is 34.6 Å². The molecule has 5 heteroatoms. The van der Waals surface area contributed by atoms with Crippen LogP contribution < -0.4 is 5.32 Å². The first kappa shape index (κ1) is 15.8. The van der Waals surface area contributed by atoms with Crippen molar-refractivity contribution in [3.8, 4) is 0 Å². The average molecular weight is 277 g/mol. The standard InChI is InChI=1S/C15H19NO4/c1-4-9-16-11-7-8-12(14(17)19-5-2)13(10-11)15(18)20-6-3/h4,7-8,10,16H,1,5-6,9H2,2-3H3. The van der Waals surface area contributed by atoms with Crippen molar-refractivity contribution in [2.75, 3.05) is 25.1 Å². The van der Waals surface area contributed by atoms with E-state index >= 15 is 0 Å². The van der Waals surface area contributed by atoms with Gasteiger partial charge in [-0.25, -0.2) is 9.59 Å². The van der Waals surface area contributed by atoms with E-state index < -0.39 is 11.9 Å². The van der Waals surface area contributed by atoms with Crippen LogP contribution >= 0.6 is 0 Å². The number of rotatable bonds is 7. The summed E-state index contributed by atoms with van der Waals surface area (Å²) in [4.78, 5) is 23.8. The van der Waals surface area contributed by atoms with Crippen LogP contribution in [0.2, 0.25) is 0 Å². The lowest BCUT2D eigenvalue weighted by molar-refractivity contribution is 0.0479. The summed E-state index contributed by atoms with van der Waals surface area (Å²) in [5.41, 5.74) is 1.11. The summed E-state index contributed by atoms with van der Waals surface area (Å²) in [6.07, 6.45) is 1.70. The summed E-state index contributed by atoms with van der Waals surface area (Å²) >= 11 is 0. The van der Waals surface area contributed by atoms with Gasteiger partial charge in [0.25, 0.3) is 0 Å². The van der Waals surface area contributed by atoms with E-state index in [4.69, 9.17) is 9.47 Å². The van der Waals surface area contributed by atoms with Crippen molar-refractivity contribution in [1.82, 2.24) is 0 Å². The highest BCUT2D eigenvalue weighted by molar-refractivity contribution is 6.03. The molecule has 0 aromatic heterocycles. The Morgan fingerprint density at radius 2 is 1.75 bits per heavy atom. The van der Waals surface area contributed by atoms with Gasteiger partial charge in [0.15, 0.2) is 0 Å². The van der Waals surface area contributed by atoms with E-state index in [-0.39, 0.29) is 24.3 Å². The Balaban J connectivity index is 3.12. The van der Waals surface area contributed by atoms with Gasteiger partial charge >= 0.3 is 11.9 Å². The van der Waals surface area contributed by atoms with Gasteiger partial charge in [-0.15, -0.1) is 6.58 Å². The van der Waals surface area contributed by atoms with E-state index in [9.17, 15) is 9.59 Å². The lowest BCUT2D eigenvalue weighted by Gasteiger charge is -2.11. The van der Waals surface area contributed by atoms with E-state index in [1.807, 2.05) is 0 Å². The summed E-state index contributed by atoms with van der Waals surface area (Å²) in [5.74, 6) is -1.08. The molecular formula is C15H19NO4. The monoisotopic (exact) mass is 277 g/mol. The second-order valence-corrected chi connectivity index (χ2v) is 3.87. The highest BCUT2D eigenvalue weighted by Crippen LogP contribution is 2.18. The topological polar surface area (TPSA) is 64.6 Å². The van der Waals surface area contributed by atoms with Gasteiger partial charge in [-0.3, -0.25) is 0 Å². The molecule has 1 N–H and O–H groups in total. The lowest BCUT2D eigenvalue weighted by atomic mass is 10.1. The third-order valence-electron chi connectivity index (χ3n) is 2.46. The second kappa shape index (κ2) is 7.99. The van der Waals surface area contributed by atoms with E-state index in [2.05, 4.69) is 11.9 Å². The highest BCUT2D eigenvalue weighted by Gasteiger charge is 2.19. The molecule has 0 aliphatic rings. The van der Waals surface area contributed by atoms with Crippen molar-refractivity contribution in [2.24, 2.45) is 0 Å². The highest BCUT2D eigenvalue weighted by atomic mass is 16.5. The SMILES string of the molecule is C=CCNc1ccc(C(=O)OCC)c(C(=O)OCC)c1. The van der Waals surface area contributed by atoms with Crippen molar-refractivity contribution < 1.29 is 19.1 Å². The van der Waals surface area contributed by atoms with Crippen LogP contribution in [0.4, 0.5) is 5.69 Å². The molecule has 5 nitrogen and oxygen atoms in total. The van der Waals surface area contributed by atoms with E-state index in [1.54, 1.807) is 38.1 Å². The fourth-order valence-corrected chi connectivity index (χ4v) is 1.61. The molecule has 1 rings (SSSR count). The molecule has 0 amide bonds. The Morgan fingerprint density at radius 1 is 1.15 bits per heavy atom. The zero-order valence-electron chi connectivity index (χ0n) is 11.8. The number of carbonyl (C=O) groups is 2. The van der Waals surface area contributed by atoms with E-state index in [1.165, 1.54) is 0 Å². The third kappa shape index (κ3) is 4.12. The Bertz CT molecular complexity index is 497. The average Bonchev–Trinajstić information content (AvgIpc) is 2.45. The number of ether oxygens (including phenoxy) is 2. The van der Waals surface area contributed by atoms with Crippen molar-refractivity contribution in [1.29, 1.82) is 0 Å². The first-order valence-electron chi connectivity index (χ1n) is 6.47. The molecule has 0 aliphatic heterocycles. The number of esters is 2. The van der Waals surface area contributed by atoms with Crippen molar-refractivity contribution in [2.45, 2.75) is 13.8 Å². The maximum Gasteiger partial charge on any atom is 0.339 e. The Hall–Kier alpha value is -2.30. The molecule has 0 spiro atoms. The first-order chi connectivity index (χ1) is 9.63. The number of nitrogens with one attached hydrogen (secondary N) is 1. The predicted molar refractivity (Wildman–Crippen MR) is 77.0 cm³/mol. The van der Waals surface area contributed by atoms with Crippen LogP contribution in [0.3, 0.4) is 0 Å². The molecule has 0 bridgehead atoms. The molecule has 0 fully saturated rings. The first-order valence-corrected chi connectivity index (χ1v) is 6.47. The second-order valence-electron chi connectivity index (χ2n) is 3.87. The maximum absolute atomic E-state index is 11.9. The van der Waals surface area contributed by atoms with E-state index in [0.717, 1.165) is 0 Å². The molecule has 0 aliphatic carbocycles. The predicted octanol–water partition coefficient (Wildman–Crippen LogP) is 2.64. The fourth-order valence-electron chi connectivity index (χ4n) is 1.61. The number of hydrogen-bond acceptors (Lipinski definition) is 5. The molecule has 108 valence electrons. The molecule has 0 saturated heterocycles. The van der Waals surface area contributed by atoms with Crippen molar-refractivity contribution >= 4 is 17.6 Å². The van der Waals surface area contributed by atoms with Gasteiger partial charge in [-0.05, 0) is 32.0 Å². The molecular weight excluding hydrogens is 258 g/mol. The van der Waals surface area contributed by atoms with Gasteiger partial charge in [0.1, 0.15) is 0 Å². The van der Waals surface area contributed by atoms with Crippen LogP contribution in [0.15, 0.2) is 30.9 Å². The largest absolute Gasteiger partial charge is 0.462 e. The Labute approximate surface area is 118 Å². The minimum Gasteiger partial charge on any atom is -0.462 e. The van der Waals surface area contributed by atoms with Gasteiger partial charge in [-0.1, -0.05) is 6.08 Å². The minimum atomic E-state index is -0.544. The molecule has 0 saturated carbocycles. The molecule has 0 atom stereocenters. The molecule has 1 aromatic carbocycles. The van der Waals surface area contributed by atoms with Crippen molar-refractivity contribution in [3.05, 3.63) is 42.0 Å². The molecule has 0 radical (unpaired) electrons. The van der Waals surface area contributed by atoms with Crippen LogP contribution in [0.5, 0.6) is 0 Å². The smallest absolute Gasteiger partial charge is 0.339 e. The Kier molecular flexibility index (Phi) is 6.29. The number of anilines is 1. The molecule has 20 heavy (non-hydrogen) atoms. The number of carbonyl (C=O) groups excluding carboxylic acids is 2. The van der Waals surface area contributed by atoms with Crippen LogP contribution in [-0.4, -0.2) is 31.7 Å². The summed E-state index contributed by atoms with van der Waals surface area (Å²) in [5, 5.41) is 3.05. The number of hydrogen-bond donors (Lipinski definition) is 1.